The van der Waals surface area contributed by atoms with Crippen LogP contribution in [-0.4, -0.2) is 51.3 Å². The smallest absolute Gasteiger partial charge is 0.188 e. The van der Waals surface area contributed by atoms with Crippen molar-refractivity contribution in [2.75, 3.05) is 26.2 Å². The summed E-state index contributed by atoms with van der Waals surface area (Å²) in [6.07, 6.45) is 0. The van der Waals surface area contributed by atoms with E-state index in [1.165, 1.54) is 0 Å². The molecule has 2 rings (SSSR count). The van der Waals surface area contributed by atoms with Crippen LogP contribution in [0.2, 0.25) is 0 Å². The molecule has 0 saturated carbocycles. The number of tetrazole rings is 1. The third-order valence-corrected chi connectivity index (χ3v) is 2.63. The van der Waals surface area contributed by atoms with E-state index in [1.54, 1.807) is 4.80 Å². The first-order valence-corrected chi connectivity index (χ1v) is 5.78. The van der Waals surface area contributed by atoms with E-state index in [0.29, 0.717) is 0 Å². The number of hydrogen-bond acceptors (Lipinski definition) is 5. The molecule has 1 aromatic heterocycles. The van der Waals surface area contributed by atoms with Crippen molar-refractivity contribution in [2.24, 2.45) is 0 Å². The van der Waals surface area contributed by atoms with E-state index >= 15 is 0 Å². The Labute approximate surface area is 96.0 Å². The van der Waals surface area contributed by atoms with Crippen LogP contribution in [0.15, 0.2) is 0 Å². The van der Waals surface area contributed by atoms with Crippen molar-refractivity contribution in [3.63, 3.8) is 0 Å². The van der Waals surface area contributed by atoms with Crippen molar-refractivity contribution >= 4 is 0 Å². The third-order valence-electron chi connectivity index (χ3n) is 2.63. The predicted molar refractivity (Wildman–Crippen MR) is 61.0 cm³/mol. The molecule has 1 aliphatic rings. The van der Waals surface area contributed by atoms with Crippen LogP contribution in [0.25, 0.3) is 0 Å². The molecule has 1 aromatic rings. The Balaban J connectivity index is 1.97. The number of nitrogens with zero attached hydrogens (tertiary/aromatic N) is 5. The van der Waals surface area contributed by atoms with Gasteiger partial charge in [-0.1, -0.05) is 0 Å². The Bertz CT molecular complexity index is 333. The topological polar surface area (TPSA) is 58.9 Å². The van der Waals surface area contributed by atoms with Crippen LogP contribution >= 0.6 is 0 Å². The van der Waals surface area contributed by atoms with Gasteiger partial charge in [0.1, 0.15) is 0 Å². The molecule has 0 atom stereocenters. The van der Waals surface area contributed by atoms with Gasteiger partial charge in [-0.3, -0.25) is 4.90 Å². The molecule has 0 radical (unpaired) electrons. The minimum absolute atomic E-state index is 0.0886. The second-order valence-electron chi connectivity index (χ2n) is 5.19. The van der Waals surface area contributed by atoms with Gasteiger partial charge in [0.2, 0.25) is 0 Å². The molecular weight excluding hydrogens is 204 g/mol. The van der Waals surface area contributed by atoms with E-state index in [-0.39, 0.29) is 5.54 Å². The largest absolute Gasteiger partial charge is 0.314 e. The number of nitrogens with one attached hydrogen (secondary N) is 1. The lowest BCUT2D eigenvalue weighted by atomic mass is 10.1. The molecule has 16 heavy (non-hydrogen) atoms. The van der Waals surface area contributed by atoms with Crippen LogP contribution in [0.4, 0.5) is 0 Å². The molecule has 6 heteroatoms. The molecule has 0 aromatic carbocycles. The van der Waals surface area contributed by atoms with Gasteiger partial charge < -0.3 is 5.32 Å². The van der Waals surface area contributed by atoms with Crippen molar-refractivity contribution < 1.29 is 0 Å². The summed E-state index contributed by atoms with van der Waals surface area (Å²) in [5.41, 5.74) is -0.0886. The van der Waals surface area contributed by atoms with Crippen LogP contribution in [0.1, 0.15) is 26.6 Å². The zero-order valence-corrected chi connectivity index (χ0v) is 10.3. The molecule has 0 bridgehead atoms. The van der Waals surface area contributed by atoms with Gasteiger partial charge in [0, 0.05) is 26.2 Å². The zero-order chi connectivity index (χ0) is 11.6. The molecule has 0 spiro atoms. The molecule has 1 fully saturated rings. The van der Waals surface area contributed by atoms with Gasteiger partial charge in [-0.05, 0) is 26.0 Å². The van der Waals surface area contributed by atoms with E-state index in [0.717, 1.165) is 38.5 Å². The van der Waals surface area contributed by atoms with E-state index in [4.69, 9.17) is 0 Å². The van der Waals surface area contributed by atoms with Crippen molar-refractivity contribution in [3.05, 3.63) is 5.82 Å². The molecule has 1 aliphatic heterocycles. The molecule has 0 amide bonds. The maximum atomic E-state index is 4.41. The van der Waals surface area contributed by atoms with Crippen LogP contribution in [-0.2, 0) is 12.1 Å². The summed E-state index contributed by atoms with van der Waals surface area (Å²) in [6.45, 7) is 11.2. The lowest BCUT2D eigenvalue weighted by Gasteiger charge is -2.25. The molecule has 90 valence electrons. The lowest BCUT2D eigenvalue weighted by molar-refractivity contribution is 0.226. The summed E-state index contributed by atoms with van der Waals surface area (Å²) in [5.74, 6) is 0.817. The Morgan fingerprint density at radius 1 is 1.25 bits per heavy atom. The highest BCUT2D eigenvalue weighted by atomic mass is 15.6. The molecule has 0 aliphatic carbocycles. The molecule has 1 N–H and O–H groups in total. The summed E-state index contributed by atoms with van der Waals surface area (Å²) in [7, 11) is 0. The van der Waals surface area contributed by atoms with Crippen LogP contribution in [0.3, 0.4) is 0 Å². The molecule has 2 heterocycles. The van der Waals surface area contributed by atoms with Gasteiger partial charge in [0.05, 0.1) is 12.1 Å². The van der Waals surface area contributed by atoms with E-state index in [1.807, 2.05) is 0 Å². The monoisotopic (exact) mass is 224 g/mol. The van der Waals surface area contributed by atoms with Crippen molar-refractivity contribution in [3.8, 4) is 0 Å². The van der Waals surface area contributed by atoms with E-state index in [9.17, 15) is 0 Å². The number of aromatic nitrogens is 4. The fourth-order valence-electron chi connectivity index (χ4n) is 1.66. The zero-order valence-electron chi connectivity index (χ0n) is 10.3. The lowest BCUT2D eigenvalue weighted by Crippen LogP contribution is -2.43. The standard InChI is InChI=1S/C10H20N6/c1-10(2,3)16-13-9(12-14-16)8-15-6-4-11-5-7-15/h11H,4-8H2,1-3H3. The Morgan fingerprint density at radius 2 is 1.94 bits per heavy atom. The number of piperazine rings is 1. The second-order valence-corrected chi connectivity index (χ2v) is 5.19. The molecule has 0 unspecified atom stereocenters. The first kappa shape index (κ1) is 11.5. The summed E-state index contributed by atoms with van der Waals surface area (Å²) < 4.78 is 0. The highest BCUT2D eigenvalue weighted by Gasteiger charge is 2.18. The normalized spacial score (nSPS) is 18.9. The van der Waals surface area contributed by atoms with Gasteiger partial charge >= 0.3 is 0 Å². The Hall–Kier alpha value is -1.01. The van der Waals surface area contributed by atoms with Gasteiger partial charge in [0.15, 0.2) is 5.82 Å². The summed E-state index contributed by atoms with van der Waals surface area (Å²) in [6, 6.07) is 0. The fraction of sp³-hybridized carbons (Fsp3) is 0.900. The van der Waals surface area contributed by atoms with Gasteiger partial charge in [-0.25, -0.2) is 0 Å². The average molecular weight is 224 g/mol. The number of rotatable bonds is 2. The summed E-state index contributed by atoms with van der Waals surface area (Å²) in [4.78, 5) is 4.03. The van der Waals surface area contributed by atoms with Crippen molar-refractivity contribution in [1.82, 2.24) is 30.4 Å². The fourth-order valence-corrected chi connectivity index (χ4v) is 1.66. The van der Waals surface area contributed by atoms with Crippen LogP contribution in [0, 0.1) is 0 Å². The van der Waals surface area contributed by atoms with Gasteiger partial charge in [0.25, 0.3) is 0 Å². The Kier molecular flexibility index (Phi) is 3.20. The molecular formula is C10H20N6. The SMILES string of the molecule is CC(C)(C)n1nnc(CN2CCNCC2)n1. The first-order chi connectivity index (χ1) is 7.55. The second kappa shape index (κ2) is 4.47. The van der Waals surface area contributed by atoms with E-state index in [2.05, 4.69) is 46.4 Å². The minimum Gasteiger partial charge on any atom is -0.314 e. The van der Waals surface area contributed by atoms with Crippen LogP contribution < -0.4 is 5.32 Å². The highest BCUT2D eigenvalue weighted by Crippen LogP contribution is 2.09. The third kappa shape index (κ3) is 2.76. The first-order valence-electron chi connectivity index (χ1n) is 5.78. The van der Waals surface area contributed by atoms with Gasteiger partial charge in [-0.15, -0.1) is 10.2 Å². The van der Waals surface area contributed by atoms with Crippen molar-refractivity contribution in [2.45, 2.75) is 32.9 Å². The van der Waals surface area contributed by atoms with Gasteiger partial charge in [-0.2, -0.15) is 4.80 Å². The van der Waals surface area contributed by atoms with Crippen molar-refractivity contribution in [1.29, 1.82) is 0 Å². The highest BCUT2D eigenvalue weighted by molar-refractivity contribution is 4.81. The maximum Gasteiger partial charge on any atom is 0.188 e. The summed E-state index contributed by atoms with van der Waals surface area (Å²) >= 11 is 0. The Morgan fingerprint density at radius 3 is 2.50 bits per heavy atom. The quantitative estimate of drug-likeness (QED) is 0.756. The molecule has 1 saturated heterocycles. The predicted octanol–water partition coefficient (Wildman–Crippen LogP) is -0.167. The molecule has 6 nitrogen and oxygen atoms in total. The summed E-state index contributed by atoms with van der Waals surface area (Å²) in [5, 5.41) is 15.9. The number of hydrogen-bond donors (Lipinski definition) is 1. The minimum atomic E-state index is -0.0886. The average Bonchev–Trinajstić information content (AvgIpc) is 2.67. The van der Waals surface area contributed by atoms with Crippen LogP contribution in [0.5, 0.6) is 0 Å². The van der Waals surface area contributed by atoms with E-state index < -0.39 is 0 Å². The maximum absolute atomic E-state index is 4.41.